The van der Waals surface area contributed by atoms with Gasteiger partial charge in [0.2, 0.25) is 0 Å². The molecule has 0 aliphatic rings. The van der Waals surface area contributed by atoms with Gasteiger partial charge in [0.25, 0.3) is 0 Å². The van der Waals surface area contributed by atoms with Crippen molar-refractivity contribution < 1.29 is 9.50 Å². The van der Waals surface area contributed by atoms with Crippen molar-refractivity contribution >= 4 is 29.0 Å². The molecule has 7 heavy (non-hydrogen) atoms. The molecule has 0 aromatic carbocycles. The molecule has 0 heterocycles. The van der Waals surface area contributed by atoms with Gasteiger partial charge >= 0.3 is 0 Å². The predicted octanol–water partition coefficient (Wildman–Crippen LogP) is 1.19. The van der Waals surface area contributed by atoms with Crippen LogP contribution in [0.2, 0.25) is 0 Å². The maximum absolute atomic E-state index is 9.92. The van der Waals surface area contributed by atoms with E-state index >= 15 is 0 Å². The molecule has 1 nitrogen and oxygen atoms in total. The average Bonchev–Trinajstić information content (AvgIpc) is 1.65. The summed E-state index contributed by atoms with van der Waals surface area (Å²) in [6, 6.07) is 0. The molecule has 0 unspecified atom stereocenters. The van der Waals surface area contributed by atoms with Crippen molar-refractivity contribution in [2.24, 2.45) is 0 Å². The van der Waals surface area contributed by atoms with Crippen LogP contribution in [-0.2, 0) is 4.79 Å². The SMILES string of the molecule is F.O=C(CCl)CCl. The summed E-state index contributed by atoms with van der Waals surface area (Å²) in [5.74, 6) is -0.0640. The first-order valence-corrected chi connectivity index (χ1v) is 2.51. The second-order valence-corrected chi connectivity index (χ2v) is 1.34. The first-order chi connectivity index (χ1) is 2.81. The van der Waals surface area contributed by atoms with Crippen molar-refractivity contribution in [1.82, 2.24) is 0 Å². The van der Waals surface area contributed by atoms with Crippen LogP contribution in [0.25, 0.3) is 0 Å². The average molecular weight is 147 g/mol. The Balaban J connectivity index is 0. The van der Waals surface area contributed by atoms with Crippen molar-refractivity contribution in [2.75, 3.05) is 11.8 Å². The quantitative estimate of drug-likeness (QED) is 0.536. The number of hydrogen-bond acceptors (Lipinski definition) is 1. The molecule has 4 heteroatoms. The van der Waals surface area contributed by atoms with Crippen LogP contribution in [-0.4, -0.2) is 17.5 Å². The van der Waals surface area contributed by atoms with Crippen LogP contribution in [0.4, 0.5) is 4.70 Å². The number of carbonyl (C=O) groups excluding carboxylic acids is 1. The van der Waals surface area contributed by atoms with Gasteiger partial charge in [0, 0.05) is 0 Å². The van der Waals surface area contributed by atoms with Gasteiger partial charge in [0.05, 0.1) is 11.8 Å². The van der Waals surface area contributed by atoms with E-state index in [1.807, 2.05) is 0 Å². The van der Waals surface area contributed by atoms with E-state index in [0.29, 0.717) is 0 Å². The predicted molar refractivity (Wildman–Crippen MR) is 28.9 cm³/mol. The van der Waals surface area contributed by atoms with E-state index in [0.717, 1.165) is 0 Å². The molecule has 44 valence electrons. The van der Waals surface area contributed by atoms with Crippen LogP contribution in [0.5, 0.6) is 0 Å². The molecular formula is C3H5Cl2FO. The molecule has 0 aromatic rings. The Morgan fingerprint density at radius 2 is 1.57 bits per heavy atom. The molecular weight excluding hydrogens is 142 g/mol. The Hall–Kier alpha value is 0.180. The minimum atomic E-state index is -0.127. The summed E-state index contributed by atoms with van der Waals surface area (Å²) >= 11 is 10.0. The third-order valence-electron chi connectivity index (χ3n) is 0.298. The third kappa shape index (κ3) is 6.18. The molecule has 0 radical (unpaired) electrons. The minimum absolute atomic E-state index is 0. The lowest BCUT2D eigenvalue weighted by molar-refractivity contribution is -0.114. The third-order valence-corrected chi connectivity index (χ3v) is 0.894. The molecule has 0 aliphatic heterocycles. The number of ketones is 1. The number of carbonyl (C=O) groups is 1. The summed E-state index contributed by atoms with van der Waals surface area (Å²) in [4.78, 5) is 9.92. The van der Waals surface area contributed by atoms with Crippen LogP contribution in [0, 0.1) is 0 Å². The molecule has 0 saturated heterocycles. The van der Waals surface area contributed by atoms with Crippen molar-refractivity contribution in [1.29, 1.82) is 0 Å². The van der Waals surface area contributed by atoms with Gasteiger partial charge in [-0.3, -0.25) is 9.50 Å². The molecule has 0 atom stereocenters. The van der Waals surface area contributed by atoms with E-state index in [1.54, 1.807) is 0 Å². The summed E-state index contributed by atoms with van der Waals surface area (Å²) in [6.45, 7) is 0. The zero-order valence-corrected chi connectivity index (χ0v) is 5.00. The summed E-state index contributed by atoms with van der Waals surface area (Å²) in [5, 5.41) is 0. The van der Waals surface area contributed by atoms with E-state index in [9.17, 15) is 4.79 Å². The summed E-state index contributed by atoms with van der Waals surface area (Å²) in [7, 11) is 0. The van der Waals surface area contributed by atoms with E-state index in [-0.39, 0.29) is 22.2 Å². The van der Waals surface area contributed by atoms with Gasteiger partial charge in [-0.1, -0.05) is 0 Å². The highest BCUT2D eigenvalue weighted by Crippen LogP contribution is 1.80. The van der Waals surface area contributed by atoms with Crippen LogP contribution >= 0.6 is 23.2 Å². The second-order valence-electron chi connectivity index (χ2n) is 0.806. The molecule has 0 amide bonds. The smallest absolute Gasteiger partial charge is 0.162 e. The summed E-state index contributed by atoms with van der Waals surface area (Å²) < 4.78 is 0. The van der Waals surface area contributed by atoms with Gasteiger partial charge in [-0.2, -0.15) is 0 Å². The highest BCUT2D eigenvalue weighted by atomic mass is 35.5. The number of alkyl halides is 2. The molecule has 0 N–H and O–H groups in total. The number of Topliss-reactive ketones (excluding diaryl/α,β-unsaturated/α-hetero) is 1. The van der Waals surface area contributed by atoms with Gasteiger partial charge in [-0.05, 0) is 0 Å². The van der Waals surface area contributed by atoms with Crippen LogP contribution in [0.15, 0.2) is 0 Å². The fourth-order valence-electron chi connectivity index (χ4n) is 0.0357. The fraction of sp³-hybridized carbons (Fsp3) is 0.667. The molecule has 0 saturated carbocycles. The lowest BCUT2D eigenvalue weighted by atomic mass is 10.5. The Morgan fingerprint density at radius 3 is 1.57 bits per heavy atom. The normalized spacial score (nSPS) is 7.14. The maximum Gasteiger partial charge on any atom is 0.162 e. The Kier molecular flexibility index (Phi) is 9.02. The summed E-state index contributed by atoms with van der Waals surface area (Å²) in [5.41, 5.74) is 0. The van der Waals surface area contributed by atoms with Gasteiger partial charge in [0.15, 0.2) is 5.78 Å². The van der Waals surface area contributed by atoms with Gasteiger partial charge in [-0.25, -0.2) is 0 Å². The largest absolute Gasteiger partial charge is 0.297 e. The van der Waals surface area contributed by atoms with E-state index in [4.69, 9.17) is 23.2 Å². The standard InChI is InChI=1S/C3H4Cl2O.FH/c4-1-3(6)2-5;/h1-2H2;1H. The highest BCUT2D eigenvalue weighted by Gasteiger charge is 1.90. The lowest BCUT2D eigenvalue weighted by Gasteiger charge is -1.77. The summed E-state index contributed by atoms with van der Waals surface area (Å²) in [6.07, 6.45) is 0. The minimum Gasteiger partial charge on any atom is -0.297 e. The fourth-order valence-corrected chi connectivity index (χ4v) is 0.321. The number of halogens is 3. The maximum atomic E-state index is 9.92. The van der Waals surface area contributed by atoms with Crippen LogP contribution in [0.3, 0.4) is 0 Å². The van der Waals surface area contributed by atoms with Gasteiger partial charge in [0.1, 0.15) is 0 Å². The monoisotopic (exact) mass is 146 g/mol. The van der Waals surface area contributed by atoms with Crippen molar-refractivity contribution in [3.63, 3.8) is 0 Å². The van der Waals surface area contributed by atoms with Gasteiger partial charge < -0.3 is 0 Å². The zero-order valence-electron chi connectivity index (χ0n) is 3.49. The number of hydrogen-bond donors (Lipinski definition) is 0. The first-order valence-electron chi connectivity index (χ1n) is 1.45. The first kappa shape index (κ1) is 10.2. The highest BCUT2D eigenvalue weighted by molar-refractivity contribution is 6.35. The van der Waals surface area contributed by atoms with E-state index in [1.165, 1.54) is 0 Å². The Bertz CT molecular complexity index is 50.9. The molecule has 0 spiro atoms. The number of rotatable bonds is 2. The Morgan fingerprint density at radius 1 is 1.29 bits per heavy atom. The second kappa shape index (κ2) is 6.18. The topological polar surface area (TPSA) is 17.1 Å². The molecule has 0 bridgehead atoms. The van der Waals surface area contributed by atoms with E-state index < -0.39 is 0 Å². The van der Waals surface area contributed by atoms with Crippen LogP contribution in [0.1, 0.15) is 0 Å². The van der Waals surface area contributed by atoms with E-state index in [2.05, 4.69) is 0 Å². The van der Waals surface area contributed by atoms with Crippen molar-refractivity contribution in [2.45, 2.75) is 0 Å². The Labute approximate surface area is 51.0 Å². The van der Waals surface area contributed by atoms with Gasteiger partial charge in [-0.15, -0.1) is 23.2 Å². The molecule has 0 rings (SSSR count). The zero-order chi connectivity index (χ0) is 4.99. The molecule has 0 aliphatic carbocycles. The van der Waals surface area contributed by atoms with Crippen molar-refractivity contribution in [3.8, 4) is 0 Å². The van der Waals surface area contributed by atoms with Crippen LogP contribution < -0.4 is 0 Å². The molecule has 0 fully saturated rings. The van der Waals surface area contributed by atoms with Crippen molar-refractivity contribution in [3.05, 3.63) is 0 Å². The molecule has 0 aromatic heterocycles. The lowest BCUT2D eigenvalue weighted by Crippen LogP contribution is -1.98.